The lowest BCUT2D eigenvalue weighted by Gasteiger charge is -2.33. The molecule has 2 aliphatic heterocycles. The lowest BCUT2D eigenvalue weighted by atomic mass is 10.0. The van der Waals surface area contributed by atoms with Crippen LogP contribution in [0.4, 0.5) is 5.69 Å². The Morgan fingerprint density at radius 1 is 1.12 bits per heavy atom. The molecule has 0 atom stereocenters. The van der Waals surface area contributed by atoms with E-state index in [1.165, 1.54) is 11.3 Å². The maximum Gasteiger partial charge on any atom is 0.255 e. The molecule has 0 radical (unpaired) electrons. The van der Waals surface area contributed by atoms with Gasteiger partial charge in [0.25, 0.3) is 5.91 Å². The van der Waals surface area contributed by atoms with Crippen molar-refractivity contribution in [1.29, 1.82) is 0 Å². The molecule has 1 aromatic carbocycles. The van der Waals surface area contributed by atoms with E-state index in [2.05, 4.69) is 39.5 Å². The minimum Gasteiger partial charge on any atom is -0.370 e. The average Bonchev–Trinajstić information content (AvgIpc) is 3.12. The quantitative estimate of drug-likeness (QED) is 0.899. The van der Waals surface area contributed by atoms with Gasteiger partial charge in [0.1, 0.15) is 0 Å². The Balaban J connectivity index is 1.21. The number of para-hydroxylation sites is 1. The molecule has 0 spiro atoms. The second kappa shape index (κ2) is 7.87. The Hall–Kier alpha value is -2.40. The number of aromatic nitrogens is 1. The zero-order valence-electron chi connectivity index (χ0n) is 15.1. The first-order chi connectivity index (χ1) is 12.8. The van der Waals surface area contributed by atoms with E-state index in [-0.39, 0.29) is 5.91 Å². The molecule has 26 heavy (non-hydrogen) atoms. The van der Waals surface area contributed by atoms with Gasteiger partial charge in [-0.1, -0.05) is 18.2 Å². The lowest BCUT2D eigenvalue weighted by molar-refractivity contribution is 0.0705. The molecule has 2 aliphatic rings. The van der Waals surface area contributed by atoms with Crippen molar-refractivity contribution in [1.82, 2.24) is 15.2 Å². The second-order valence-corrected chi connectivity index (χ2v) is 7.13. The SMILES string of the molecule is O=C(c1cccnc1)N1CCC(NCCN2CCc3ccccc32)CC1. The van der Waals surface area contributed by atoms with Crippen molar-refractivity contribution in [2.45, 2.75) is 25.3 Å². The van der Waals surface area contributed by atoms with Crippen molar-refractivity contribution >= 4 is 11.6 Å². The molecule has 0 unspecified atom stereocenters. The fourth-order valence-corrected chi connectivity index (χ4v) is 4.00. The van der Waals surface area contributed by atoms with Crippen LogP contribution in [-0.2, 0) is 6.42 Å². The van der Waals surface area contributed by atoms with Crippen molar-refractivity contribution in [3.63, 3.8) is 0 Å². The number of anilines is 1. The summed E-state index contributed by atoms with van der Waals surface area (Å²) in [5, 5.41) is 3.69. The van der Waals surface area contributed by atoms with E-state index in [1.807, 2.05) is 17.0 Å². The molecule has 4 rings (SSSR count). The highest BCUT2D eigenvalue weighted by atomic mass is 16.2. The number of amides is 1. The number of hydrogen-bond donors (Lipinski definition) is 1. The van der Waals surface area contributed by atoms with E-state index in [9.17, 15) is 4.79 Å². The van der Waals surface area contributed by atoms with Gasteiger partial charge in [-0.15, -0.1) is 0 Å². The van der Waals surface area contributed by atoms with Gasteiger partial charge in [0, 0.05) is 56.8 Å². The molecular formula is C21H26N4O. The standard InChI is InChI=1S/C21H26N4O/c26-21(18-5-3-10-22-16-18)25-13-8-19(9-14-25)23-11-15-24-12-7-17-4-1-2-6-20(17)24/h1-6,10,16,19,23H,7-9,11-15H2. The molecule has 5 nitrogen and oxygen atoms in total. The summed E-state index contributed by atoms with van der Waals surface area (Å²) in [5.41, 5.74) is 3.55. The second-order valence-electron chi connectivity index (χ2n) is 7.13. The number of fused-ring (bicyclic) bond motifs is 1. The average molecular weight is 350 g/mol. The number of benzene rings is 1. The molecule has 5 heteroatoms. The van der Waals surface area contributed by atoms with Gasteiger partial charge in [-0.3, -0.25) is 9.78 Å². The molecule has 136 valence electrons. The highest BCUT2D eigenvalue weighted by Crippen LogP contribution is 2.26. The Labute approximate surface area is 155 Å². The first kappa shape index (κ1) is 17.0. The molecule has 1 amide bonds. The number of piperidine rings is 1. The summed E-state index contributed by atoms with van der Waals surface area (Å²) in [6.07, 6.45) is 6.54. The van der Waals surface area contributed by atoms with E-state index < -0.39 is 0 Å². The third-order valence-corrected chi connectivity index (χ3v) is 5.49. The monoisotopic (exact) mass is 350 g/mol. The Morgan fingerprint density at radius 2 is 1.96 bits per heavy atom. The van der Waals surface area contributed by atoms with Crippen LogP contribution in [0, 0.1) is 0 Å². The van der Waals surface area contributed by atoms with Crippen LogP contribution in [0.1, 0.15) is 28.8 Å². The number of hydrogen-bond acceptors (Lipinski definition) is 4. The molecule has 1 fully saturated rings. The van der Waals surface area contributed by atoms with Crippen LogP contribution in [0.2, 0.25) is 0 Å². The number of likely N-dealkylation sites (tertiary alicyclic amines) is 1. The smallest absolute Gasteiger partial charge is 0.255 e. The molecule has 3 heterocycles. The van der Waals surface area contributed by atoms with Gasteiger partial charge in [-0.2, -0.15) is 0 Å². The molecule has 1 saturated heterocycles. The van der Waals surface area contributed by atoms with Crippen LogP contribution in [0.5, 0.6) is 0 Å². The molecule has 0 bridgehead atoms. The minimum absolute atomic E-state index is 0.102. The fraction of sp³-hybridized carbons (Fsp3) is 0.429. The van der Waals surface area contributed by atoms with E-state index in [1.54, 1.807) is 12.4 Å². The zero-order chi connectivity index (χ0) is 17.8. The first-order valence-electron chi connectivity index (χ1n) is 9.57. The number of carbonyl (C=O) groups is 1. The molecule has 2 aromatic rings. The molecule has 0 aliphatic carbocycles. The summed E-state index contributed by atoms with van der Waals surface area (Å²) in [6.45, 7) is 4.80. The predicted molar refractivity (Wildman–Crippen MR) is 104 cm³/mol. The largest absolute Gasteiger partial charge is 0.370 e. The summed E-state index contributed by atoms with van der Waals surface area (Å²) < 4.78 is 0. The van der Waals surface area contributed by atoms with Crippen molar-refractivity contribution in [2.24, 2.45) is 0 Å². The summed E-state index contributed by atoms with van der Waals surface area (Å²) in [7, 11) is 0. The number of rotatable bonds is 5. The topological polar surface area (TPSA) is 48.5 Å². The van der Waals surface area contributed by atoms with E-state index in [0.717, 1.165) is 52.0 Å². The van der Waals surface area contributed by atoms with Crippen LogP contribution in [0.3, 0.4) is 0 Å². The summed E-state index contributed by atoms with van der Waals surface area (Å²) in [4.78, 5) is 20.9. The van der Waals surface area contributed by atoms with E-state index in [4.69, 9.17) is 0 Å². The third-order valence-electron chi connectivity index (χ3n) is 5.49. The maximum absolute atomic E-state index is 12.5. The first-order valence-corrected chi connectivity index (χ1v) is 9.57. The van der Waals surface area contributed by atoms with Gasteiger partial charge in [0.05, 0.1) is 5.56 Å². The molecule has 1 aromatic heterocycles. The molecule has 0 saturated carbocycles. The lowest BCUT2D eigenvalue weighted by Crippen LogP contribution is -2.46. The normalized spacial score (nSPS) is 17.4. The number of nitrogens with zero attached hydrogens (tertiary/aromatic N) is 3. The summed E-state index contributed by atoms with van der Waals surface area (Å²) in [5.74, 6) is 0.102. The Morgan fingerprint density at radius 3 is 2.77 bits per heavy atom. The van der Waals surface area contributed by atoms with Gasteiger partial charge in [-0.25, -0.2) is 0 Å². The van der Waals surface area contributed by atoms with Crippen LogP contribution in [0.25, 0.3) is 0 Å². The van der Waals surface area contributed by atoms with Crippen LogP contribution >= 0.6 is 0 Å². The van der Waals surface area contributed by atoms with Crippen LogP contribution in [0.15, 0.2) is 48.8 Å². The number of carbonyl (C=O) groups excluding carboxylic acids is 1. The Kier molecular flexibility index (Phi) is 5.16. The van der Waals surface area contributed by atoms with Crippen LogP contribution in [-0.4, -0.2) is 54.6 Å². The molecular weight excluding hydrogens is 324 g/mol. The van der Waals surface area contributed by atoms with E-state index in [0.29, 0.717) is 11.6 Å². The highest BCUT2D eigenvalue weighted by Gasteiger charge is 2.24. The van der Waals surface area contributed by atoms with Gasteiger partial charge >= 0.3 is 0 Å². The van der Waals surface area contributed by atoms with E-state index >= 15 is 0 Å². The van der Waals surface area contributed by atoms with Gasteiger partial charge in [0.15, 0.2) is 0 Å². The predicted octanol–water partition coefficient (Wildman–Crippen LogP) is 2.34. The fourth-order valence-electron chi connectivity index (χ4n) is 4.00. The highest BCUT2D eigenvalue weighted by molar-refractivity contribution is 5.93. The van der Waals surface area contributed by atoms with Crippen molar-refractivity contribution in [3.05, 3.63) is 59.9 Å². The maximum atomic E-state index is 12.5. The zero-order valence-corrected chi connectivity index (χ0v) is 15.1. The van der Waals surface area contributed by atoms with Crippen molar-refractivity contribution in [3.8, 4) is 0 Å². The Bertz CT molecular complexity index is 741. The van der Waals surface area contributed by atoms with Gasteiger partial charge in [0.2, 0.25) is 0 Å². The van der Waals surface area contributed by atoms with Crippen molar-refractivity contribution in [2.75, 3.05) is 37.6 Å². The summed E-state index contributed by atoms with van der Waals surface area (Å²) >= 11 is 0. The third kappa shape index (κ3) is 3.73. The summed E-state index contributed by atoms with van der Waals surface area (Å²) in [6, 6.07) is 12.9. The number of nitrogens with one attached hydrogen (secondary N) is 1. The number of pyridine rings is 1. The van der Waals surface area contributed by atoms with Crippen LogP contribution < -0.4 is 10.2 Å². The molecule has 1 N–H and O–H groups in total. The van der Waals surface area contributed by atoms with Gasteiger partial charge < -0.3 is 15.1 Å². The van der Waals surface area contributed by atoms with Crippen molar-refractivity contribution < 1.29 is 4.79 Å². The minimum atomic E-state index is 0.102. The van der Waals surface area contributed by atoms with Gasteiger partial charge in [-0.05, 0) is 43.0 Å².